The summed E-state index contributed by atoms with van der Waals surface area (Å²) in [5, 5.41) is 2.44. The molecule has 5 aromatic rings. The van der Waals surface area contributed by atoms with Gasteiger partial charge in [-0.15, -0.1) is 0 Å². The second-order valence-corrected chi connectivity index (χ2v) is 6.33. The molecule has 0 fully saturated rings. The van der Waals surface area contributed by atoms with Crippen LogP contribution in [-0.2, 0) is 0 Å². The fourth-order valence-corrected chi connectivity index (χ4v) is 3.09. The van der Waals surface area contributed by atoms with Crippen molar-refractivity contribution in [3.8, 4) is 22.5 Å². The summed E-state index contributed by atoms with van der Waals surface area (Å²) in [6.07, 6.45) is 3.67. The molecule has 0 bridgehead atoms. The lowest BCUT2D eigenvalue weighted by Gasteiger charge is -2.04. The van der Waals surface area contributed by atoms with E-state index in [1.807, 2.05) is 73.1 Å². The Morgan fingerprint density at radius 3 is 1.79 bits per heavy atom. The number of rotatable bonds is 2. The number of fused-ring (bicyclic) bond motifs is 1. The van der Waals surface area contributed by atoms with Crippen LogP contribution >= 0.6 is 0 Å². The van der Waals surface area contributed by atoms with E-state index in [2.05, 4.69) is 58.5 Å². The van der Waals surface area contributed by atoms with Crippen molar-refractivity contribution >= 4 is 10.8 Å². The van der Waals surface area contributed by atoms with Crippen LogP contribution in [0.5, 0.6) is 0 Å². The zero-order valence-electron chi connectivity index (χ0n) is 15.4. The van der Waals surface area contributed by atoms with Crippen LogP contribution in [0.1, 0.15) is 0 Å². The highest BCUT2D eigenvalue weighted by Crippen LogP contribution is 2.25. The third kappa shape index (κ3) is 4.13. The Bertz CT molecular complexity index is 1100. The fourth-order valence-electron chi connectivity index (χ4n) is 3.09. The molecule has 0 aliphatic rings. The summed E-state index contributed by atoms with van der Waals surface area (Å²) >= 11 is 0. The molecule has 2 nitrogen and oxygen atoms in total. The van der Waals surface area contributed by atoms with Crippen LogP contribution < -0.4 is 0 Å². The first-order valence-electron chi connectivity index (χ1n) is 9.27. The van der Waals surface area contributed by atoms with Crippen LogP contribution in [0.4, 0.5) is 0 Å². The highest BCUT2D eigenvalue weighted by molar-refractivity contribution is 5.94. The van der Waals surface area contributed by atoms with E-state index < -0.39 is 0 Å². The molecule has 2 heterocycles. The summed E-state index contributed by atoms with van der Waals surface area (Å²) in [6.45, 7) is 0. The van der Waals surface area contributed by atoms with E-state index in [0.717, 1.165) is 17.0 Å². The number of hydrogen-bond donors (Lipinski definition) is 0. The van der Waals surface area contributed by atoms with Crippen LogP contribution in [-0.4, -0.2) is 9.97 Å². The molecule has 0 unspecified atom stereocenters. The highest BCUT2D eigenvalue weighted by atomic mass is 14.7. The first-order valence-corrected chi connectivity index (χ1v) is 9.27. The largest absolute Gasteiger partial charge is 0.256 e. The van der Waals surface area contributed by atoms with Gasteiger partial charge in [-0.25, -0.2) is 0 Å². The number of nitrogens with zero attached hydrogens (tertiary/aromatic N) is 2. The van der Waals surface area contributed by atoms with Crippen molar-refractivity contribution in [1.82, 2.24) is 9.97 Å². The van der Waals surface area contributed by atoms with Crippen molar-refractivity contribution in [1.29, 1.82) is 0 Å². The summed E-state index contributed by atoms with van der Waals surface area (Å²) in [7, 11) is 0. The molecule has 0 aliphatic carbocycles. The Morgan fingerprint density at radius 2 is 1.07 bits per heavy atom. The minimum atomic E-state index is 1.03. The van der Waals surface area contributed by atoms with Gasteiger partial charge in [-0.3, -0.25) is 9.97 Å². The Morgan fingerprint density at radius 1 is 0.429 bits per heavy atom. The standard InChI is InChI=1S/C15H11N.C11H9N/c1-2-7-13(8-3-1)15-14-9-5-4-6-12(14)10-11-16-15;1-2-6-10(7-3-1)11-8-4-5-9-12-11/h1-11H;1-9H. The Hall–Kier alpha value is -3.78. The minimum absolute atomic E-state index is 1.03. The maximum absolute atomic E-state index is 4.48. The molecule has 5 rings (SSSR count). The van der Waals surface area contributed by atoms with Gasteiger partial charge in [0.15, 0.2) is 0 Å². The molecule has 0 N–H and O–H groups in total. The number of hydrogen-bond acceptors (Lipinski definition) is 2. The van der Waals surface area contributed by atoms with E-state index in [4.69, 9.17) is 0 Å². The van der Waals surface area contributed by atoms with Gasteiger partial charge in [0.25, 0.3) is 0 Å². The van der Waals surface area contributed by atoms with E-state index in [1.54, 1.807) is 0 Å². The highest BCUT2D eigenvalue weighted by Gasteiger charge is 2.03. The predicted octanol–water partition coefficient (Wildman–Crippen LogP) is 6.65. The lowest BCUT2D eigenvalue weighted by Crippen LogP contribution is -1.84. The summed E-state index contributed by atoms with van der Waals surface area (Å²) in [5.41, 5.74) is 4.41. The molecule has 0 aliphatic heterocycles. The van der Waals surface area contributed by atoms with Crippen molar-refractivity contribution in [2.24, 2.45) is 0 Å². The molecule has 0 atom stereocenters. The van der Waals surface area contributed by atoms with E-state index in [0.29, 0.717) is 0 Å². The van der Waals surface area contributed by atoms with Crippen LogP contribution in [0.25, 0.3) is 33.3 Å². The lowest BCUT2D eigenvalue weighted by atomic mass is 10.0. The zero-order chi connectivity index (χ0) is 19.0. The Labute approximate surface area is 165 Å². The quantitative estimate of drug-likeness (QED) is 0.352. The average molecular weight is 360 g/mol. The minimum Gasteiger partial charge on any atom is -0.256 e. The third-order valence-corrected chi connectivity index (χ3v) is 4.46. The van der Waals surface area contributed by atoms with Gasteiger partial charge in [0.05, 0.1) is 11.4 Å². The van der Waals surface area contributed by atoms with Gasteiger partial charge in [-0.2, -0.15) is 0 Å². The van der Waals surface area contributed by atoms with Crippen LogP contribution in [0, 0.1) is 0 Å². The molecule has 2 aromatic heterocycles. The molecule has 28 heavy (non-hydrogen) atoms. The number of benzene rings is 3. The van der Waals surface area contributed by atoms with Gasteiger partial charge in [-0.05, 0) is 23.6 Å². The Balaban J connectivity index is 0.000000143. The van der Waals surface area contributed by atoms with E-state index in [9.17, 15) is 0 Å². The summed E-state index contributed by atoms with van der Waals surface area (Å²) < 4.78 is 0. The summed E-state index contributed by atoms with van der Waals surface area (Å²) in [4.78, 5) is 8.73. The maximum Gasteiger partial charge on any atom is 0.0780 e. The van der Waals surface area contributed by atoms with Gasteiger partial charge in [0.1, 0.15) is 0 Å². The van der Waals surface area contributed by atoms with Crippen molar-refractivity contribution in [3.05, 3.63) is 122 Å². The molecule has 2 heteroatoms. The van der Waals surface area contributed by atoms with Crippen molar-refractivity contribution < 1.29 is 0 Å². The molecular weight excluding hydrogens is 340 g/mol. The summed E-state index contributed by atoms with van der Waals surface area (Å²) in [6, 6.07) is 36.8. The molecule has 0 spiro atoms. The predicted molar refractivity (Wildman–Crippen MR) is 117 cm³/mol. The van der Waals surface area contributed by atoms with Gasteiger partial charge in [0.2, 0.25) is 0 Å². The second kappa shape index (κ2) is 8.74. The summed E-state index contributed by atoms with van der Waals surface area (Å²) in [5.74, 6) is 0. The van der Waals surface area contributed by atoms with Gasteiger partial charge in [-0.1, -0.05) is 91.0 Å². The third-order valence-electron chi connectivity index (χ3n) is 4.46. The fraction of sp³-hybridized carbons (Fsp3) is 0. The maximum atomic E-state index is 4.48. The van der Waals surface area contributed by atoms with E-state index in [-0.39, 0.29) is 0 Å². The van der Waals surface area contributed by atoms with Crippen molar-refractivity contribution in [2.45, 2.75) is 0 Å². The van der Waals surface area contributed by atoms with E-state index >= 15 is 0 Å². The zero-order valence-corrected chi connectivity index (χ0v) is 15.4. The van der Waals surface area contributed by atoms with Crippen LogP contribution in [0.15, 0.2) is 122 Å². The smallest absolute Gasteiger partial charge is 0.0780 e. The van der Waals surface area contributed by atoms with Crippen molar-refractivity contribution in [2.75, 3.05) is 0 Å². The topological polar surface area (TPSA) is 25.8 Å². The molecule has 0 radical (unpaired) electrons. The van der Waals surface area contributed by atoms with E-state index in [1.165, 1.54) is 16.3 Å². The second-order valence-electron chi connectivity index (χ2n) is 6.33. The van der Waals surface area contributed by atoms with Gasteiger partial charge >= 0.3 is 0 Å². The first-order chi connectivity index (χ1) is 13.9. The molecule has 0 saturated carbocycles. The monoisotopic (exact) mass is 360 g/mol. The Kier molecular flexibility index (Phi) is 5.50. The van der Waals surface area contributed by atoms with Crippen molar-refractivity contribution in [3.63, 3.8) is 0 Å². The molecule has 134 valence electrons. The molecule has 3 aromatic carbocycles. The average Bonchev–Trinajstić information content (AvgIpc) is 2.81. The molecule has 0 saturated heterocycles. The first kappa shape index (κ1) is 17.6. The lowest BCUT2D eigenvalue weighted by molar-refractivity contribution is 1.33. The van der Waals surface area contributed by atoms with Gasteiger partial charge in [0, 0.05) is 28.9 Å². The SMILES string of the molecule is c1ccc(-c2ccccn2)cc1.c1ccc(-c2nccc3ccccc23)cc1. The molecular formula is C26H20N2. The normalized spacial score (nSPS) is 10.1. The number of aromatic nitrogens is 2. The number of pyridine rings is 2. The molecule has 0 amide bonds. The van der Waals surface area contributed by atoms with Crippen LogP contribution in [0.2, 0.25) is 0 Å². The van der Waals surface area contributed by atoms with Crippen LogP contribution in [0.3, 0.4) is 0 Å². The van der Waals surface area contributed by atoms with Gasteiger partial charge < -0.3 is 0 Å².